The first kappa shape index (κ1) is 32.2. The maximum atomic E-state index is 13.5. The number of benzene rings is 4. The van der Waals surface area contributed by atoms with E-state index in [-0.39, 0.29) is 11.6 Å². The van der Waals surface area contributed by atoms with Crippen LogP contribution < -0.4 is 20.7 Å². The second kappa shape index (κ2) is 15.2. The van der Waals surface area contributed by atoms with Crippen LogP contribution in [-0.2, 0) is 9.59 Å². The molecule has 0 spiro atoms. The zero-order valence-electron chi connectivity index (χ0n) is 25.4. The number of anilines is 2. The van der Waals surface area contributed by atoms with Gasteiger partial charge in [0.2, 0.25) is 5.91 Å². The summed E-state index contributed by atoms with van der Waals surface area (Å²) in [4.78, 5) is 44.8. The first-order valence-electron chi connectivity index (χ1n) is 14.4. The lowest BCUT2D eigenvalue weighted by atomic mass is 10.1. The van der Waals surface area contributed by atoms with E-state index in [1.54, 1.807) is 79.9 Å². The molecule has 0 fully saturated rings. The number of methoxy groups -OCH3 is 1. The number of amides is 3. The van der Waals surface area contributed by atoms with Crippen molar-refractivity contribution in [1.29, 1.82) is 0 Å². The SMILES string of the molecule is COc1ccc(/C=C(/NC(=O)c2ccccc2)C(=O)Nc2cccc(SC(C)C(=O)Nc3nc(-c4ccc(C)cc4)cs3)c2)cc1. The fourth-order valence-corrected chi connectivity index (χ4v) is 5.96. The minimum atomic E-state index is -0.499. The summed E-state index contributed by atoms with van der Waals surface area (Å²) in [7, 11) is 1.58. The summed E-state index contributed by atoms with van der Waals surface area (Å²) >= 11 is 2.73. The Bertz CT molecular complexity index is 1850. The van der Waals surface area contributed by atoms with E-state index in [1.807, 2.05) is 55.6 Å². The number of carbonyl (C=O) groups excluding carboxylic acids is 3. The van der Waals surface area contributed by atoms with Crippen molar-refractivity contribution in [3.05, 3.63) is 131 Å². The van der Waals surface area contributed by atoms with Crippen LogP contribution in [0.5, 0.6) is 5.75 Å². The number of thiazole rings is 1. The smallest absolute Gasteiger partial charge is 0.272 e. The van der Waals surface area contributed by atoms with Crippen molar-refractivity contribution in [2.24, 2.45) is 0 Å². The second-order valence-corrected chi connectivity index (χ2v) is 12.6. The molecule has 5 aromatic rings. The van der Waals surface area contributed by atoms with Gasteiger partial charge in [-0.25, -0.2) is 4.98 Å². The molecule has 46 heavy (non-hydrogen) atoms. The van der Waals surface area contributed by atoms with Crippen molar-refractivity contribution in [2.75, 3.05) is 17.7 Å². The van der Waals surface area contributed by atoms with Crippen LogP contribution in [0.4, 0.5) is 10.8 Å². The van der Waals surface area contributed by atoms with Crippen LogP contribution >= 0.6 is 23.1 Å². The Morgan fingerprint density at radius 2 is 1.63 bits per heavy atom. The third-order valence-corrected chi connectivity index (χ3v) is 8.66. The van der Waals surface area contributed by atoms with Gasteiger partial charge in [-0.2, -0.15) is 0 Å². The van der Waals surface area contributed by atoms with Crippen LogP contribution in [-0.4, -0.2) is 35.1 Å². The Labute approximate surface area is 275 Å². The highest BCUT2D eigenvalue weighted by molar-refractivity contribution is 8.00. The van der Waals surface area contributed by atoms with Gasteiger partial charge in [0, 0.05) is 27.1 Å². The molecule has 5 rings (SSSR count). The van der Waals surface area contributed by atoms with Gasteiger partial charge in [0.15, 0.2) is 5.13 Å². The zero-order chi connectivity index (χ0) is 32.5. The van der Waals surface area contributed by atoms with Gasteiger partial charge >= 0.3 is 0 Å². The molecule has 0 saturated heterocycles. The van der Waals surface area contributed by atoms with E-state index in [0.29, 0.717) is 27.7 Å². The van der Waals surface area contributed by atoms with Gasteiger partial charge in [-0.15, -0.1) is 23.1 Å². The van der Waals surface area contributed by atoms with Gasteiger partial charge in [-0.1, -0.05) is 66.2 Å². The predicted octanol–water partition coefficient (Wildman–Crippen LogP) is 7.66. The van der Waals surface area contributed by atoms with Crippen molar-refractivity contribution in [3.63, 3.8) is 0 Å². The molecule has 0 aliphatic carbocycles. The minimum absolute atomic E-state index is 0.0678. The summed E-state index contributed by atoms with van der Waals surface area (Å²) in [5.74, 6) is -0.419. The summed E-state index contributed by atoms with van der Waals surface area (Å²) in [5.41, 5.74) is 4.68. The molecule has 1 unspecified atom stereocenters. The van der Waals surface area contributed by atoms with E-state index >= 15 is 0 Å². The molecule has 4 aromatic carbocycles. The number of carbonyl (C=O) groups is 3. The summed E-state index contributed by atoms with van der Waals surface area (Å²) < 4.78 is 5.23. The number of aromatic nitrogens is 1. The average Bonchev–Trinajstić information content (AvgIpc) is 3.54. The minimum Gasteiger partial charge on any atom is -0.497 e. The number of rotatable bonds is 11. The number of nitrogens with zero attached hydrogens (tertiary/aromatic N) is 1. The molecule has 8 nitrogen and oxygen atoms in total. The van der Waals surface area contributed by atoms with E-state index in [4.69, 9.17) is 4.74 Å². The van der Waals surface area contributed by atoms with Crippen molar-refractivity contribution in [2.45, 2.75) is 24.0 Å². The molecular formula is C36H32N4O4S2. The molecule has 0 aliphatic heterocycles. The Kier molecular flexibility index (Phi) is 10.6. The molecule has 1 atom stereocenters. The largest absolute Gasteiger partial charge is 0.497 e. The third-order valence-electron chi connectivity index (χ3n) is 6.81. The van der Waals surface area contributed by atoms with Crippen molar-refractivity contribution < 1.29 is 19.1 Å². The van der Waals surface area contributed by atoms with Crippen LogP contribution in [0.15, 0.2) is 119 Å². The highest BCUT2D eigenvalue weighted by atomic mass is 32.2. The summed E-state index contributed by atoms with van der Waals surface area (Å²) in [5, 5.41) is 10.5. The molecule has 1 aromatic heterocycles. The van der Waals surface area contributed by atoms with Gasteiger partial charge < -0.3 is 20.7 Å². The molecule has 232 valence electrons. The second-order valence-electron chi connectivity index (χ2n) is 10.3. The molecule has 0 aliphatic rings. The quantitative estimate of drug-likeness (QED) is 0.100. The molecule has 1 heterocycles. The summed E-state index contributed by atoms with van der Waals surface area (Å²) in [6.07, 6.45) is 1.60. The first-order chi connectivity index (χ1) is 22.3. The Balaban J connectivity index is 1.25. The standard InChI is InChI=1S/C36H32N4O4S2/c1-23-12-16-26(17-13-23)32-22-45-36(39-32)40-33(41)24(2)46-30-11-7-10-28(21-30)37-35(43)31(20-25-14-18-29(44-3)19-15-25)38-34(42)27-8-5-4-6-9-27/h4-22,24H,1-3H3,(H,37,43)(H,38,42)(H,39,40,41)/b31-20+. The van der Waals surface area contributed by atoms with E-state index in [2.05, 4.69) is 20.9 Å². The van der Waals surface area contributed by atoms with Crippen molar-refractivity contribution in [1.82, 2.24) is 10.3 Å². The normalized spacial score (nSPS) is 11.8. The van der Waals surface area contributed by atoms with E-state index < -0.39 is 17.1 Å². The summed E-state index contributed by atoms with van der Waals surface area (Å²) in [6.45, 7) is 3.85. The fourth-order valence-electron chi connectivity index (χ4n) is 4.31. The van der Waals surface area contributed by atoms with Crippen molar-refractivity contribution >= 4 is 57.7 Å². The number of aryl methyl sites for hydroxylation is 1. The van der Waals surface area contributed by atoms with Gasteiger partial charge in [0.05, 0.1) is 18.1 Å². The lowest BCUT2D eigenvalue weighted by molar-refractivity contribution is -0.115. The van der Waals surface area contributed by atoms with E-state index in [1.165, 1.54) is 28.7 Å². The fraction of sp³-hybridized carbons (Fsp3) is 0.111. The molecule has 3 N–H and O–H groups in total. The Morgan fingerprint density at radius 1 is 0.891 bits per heavy atom. The topological polar surface area (TPSA) is 109 Å². The molecular weight excluding hydrogens is 617 g/mol. The molecule has 10 heteroatoms. The van der Waals surface area contributed by atoms with Crippen LogP contribution in [0.25, 0.3) is 17.3 Å². The monoisotopic (exact) mass is 648 g/mol. The van der Waals surface area contributed by atoms with E-state index in [9.17, 15) is 14.4 Å². The predicted molar refractivity (Wildman–Crippen MR) is 186 cm³/mol. The zero-order valence-corrected chi connectivity index (χ0v) is 27.1. The Hall–Kier alpha value is -5.19. The molecule has 0 radical (unpaired) electrons. The number of thioether (sulfide) groups is 1. The van der Waals surface area contributed by atoms with Crippen LogP contribution in [0, 0.1) is 6.92 Å². The molecule has 0 bridgehead atoms. The van der Waals surface area contributed by atoms with Gasteiger partial charge in [0.25, 0.3) is 11.8 Å². The van der Waals surface area contributed by atoms with Crippen LogP contribution in [0.3, 0.4) is 0 Å². The lowest BCUT2D eigenvalue weighted by Gasteiger charge is -2.14. The maximum absolute atomic E-state index is 13.5. The first-order valence-corrected chi connectivity index (χ1v) is 16.2. The lowest BCUT2D eigenvalue weighted by Crippen LogP contribution is -2.30. The number of hydrogen-bond acceptors (Lipinski definition) is 7. The van der Waals surface area contributed by atoms with Crippen LogP contribution in [0.2, 0.25) is 0 Å². The van der Waals surface area contributed by atoms with Crippen LogP contribution in [0.1, 0.15) is 28.4 Å². The van der Waals surface area contributed by atoms with Gasteiger partial charge in [0.1, 0.15) is 11.4 Å². The highest BCUT2D eigenvalue weighted by Gasteiger charge is 2.18. The number of hydrogen-bond donors (Lipinski definition) is 3. The number of ether oxygens (including phenoxy) is 1. The molecule has 3 amide bonds. The molecule has 0 saturated carbocycles. The maximum Gasteiger partial charge on any atom is 0.272 e. The van der Waals surface area contributed by atoms with Crippen molar-refractivity contribution in [3.8, 4) is 17.0 Å². The number of nitrogens with one attached hydrogen (secondary N) is 3. The summed E-state index contributed by atoms with van der Waals surface area (Å²) in [6, 6.07) is 31.1. The van der Waals surface area contributed by atoms with Gasteiger partial charge in [-0.05, 0) is 68.0 Å². The van der Waals surface area contributed by atoms with E-state index in [0.717, 1.165) is 16.2 Å². The average molecular weight is 649 g/mol. The highest BCUT2D eigenvalue weighted by Crippen LogP contribution is 2.29. The Morgan fingerprint density at radius 3 is 2.35 bits per heavy atom. The third kappa shape index (κ3) is 8.71. The van der Waals surface area contributed by atoms with Gasteiger partial charge in [-0.3, -0.25) is 14.4 Å².